The Hall–Kier alpha value is -1.42. The smallest absolute Gasteiger partial charge is 0.168 e. The van der Waals surface area contributed by atoms with Crippen LogP contribution in [-0.4, -0.2) is 25.7 Å². The Morgan fingerprint density at radius 2 is 1.78 bits per heavy atom. The van der Waals surface area contributed by atoms with Crippen molar-refractivity contribution < 1.29 is 14.2 Å². The highest BCUT2D eigenvalue weighted by molar-refractivity contribution is 9.09. The van der Waals surface area contributed by atoms with Crippen LogP contribution in [0.1, 0.15) is 32.6 Å². The third-order valence-electron chi connectivity index (χ3n) is 3.71. The fourth-order valence-electron chi connectivity index (χ4n) is 2.57. The molecule has 3 nitrogen and oxygen atoms in total. The molecule has 0 atom stereocenters. The van der Waals surface area contributed by atoms with E-state index in [9.17, 15) is 0 Å². The predicted molar refractivity (Wildman–Crippen MR) is 99.4 cm³/mol. The summed E-state index contributed by atoms with van der Waals surface area (Å²) in [6, 6.07) is 10.1. The molecule has 2 aromatic carbocycles. The van der Waals surface area contributed by atoms with E-state index in [0.717, 1.165) is 46.4 Å². The summed E-state index contributed by atoms with van der Waals surface area (Å²) in [5, 5.41) is 3.22. The van der Waals surface area contributed by atoms with Crippen molar-refractivity contribution in [3.63, 3.8) is 0 Å². The summed E-state index contributed by atoms with van der Waals surface area (Å²) in [5.74, 6) is 2.48. The van der Waals surface area contributed by atoms with Gasteiger partial charge in [0.2, 0.25) is 0 Å². The number of unbranched alkanes of at least 4 members (excludes halogenated alkanes) is 3. The summed E-state index contributed by atoms with van der Waals surface area (Å²) < 4.78 is 17.1. The minimum atomic E-state index is 0.666. The summed E-state index contributed by atoms with van der Waals surface area (Å²) in [5.41, 5.74) is 0. The van der Waals surface area contributed by atoms with Crippen molar-refractivity contribution in [3.05, 3.63) is 30.3 Å². The lowest BCUT2D eigenvalue weighted by Crippen LogP contribution is -2.00. The third kappa shape index (κ3) is 5.03. The average Bonchev–Trinajstić information content (AvgIpc) is 2.57. The van der Waals surface area contributed by atoms with E-state index in [1.165, 1.54) is 19.3 Å². The predicted octanol–water partition coefficient (Wildman–Crippen LogP) is 5.58. The molecule has 0 unspecified atom stereocenters. The Kier molecular flexibility index (Phi) is 7.53. The van der Waals surface area contributed by atoms with Crippen molar-refractivity contribution in [2.45, 2.75) is 32.6 Å². The summed E-state index contributed by atoms with van der Waals surface area (Å²) in [6.45, 7) is 3.37. The van der Waals surface area contributed by atoms with Gasteiger partial charge in [0, 0.05) is 10.7 Å². The minimum Gasteiger partial charge on any atom is -0.494 e. The van der Waals surface area contributed by atoms with Crippen LogP contribution in [0.3, 0.4) is 0 Å². The second-order valence-corrected chi connectivity index (χ2v) is 6.16. The normalized spacial score (nSPS) is 10.7. The van der Waals surface area contributed by atoms with Crippen LogP contribution in [-0.2, 0) is 0 Å². The molecule has 0 fully saturated rings. The molecule has 0 spiro atoms. The van der Waals surface area contributed by atoms with Gasteiger partial charge in [-0.2, -0.15) is 0 Å². The van der Waals surface area contributed by atoms with Crippen molar-refractivity contribution >= 4 is 26.7 Å². The number of ether oxygens (including phenoxy) is 3. The Morgan fingerprint density at radius 3 is 2.52 bits per heavy atom. The highest BCUT2D eigenvalue weighted by Gasteiger charge is 2.10. The third-order valence-corrected chi connectivity index (χ3v) is 4.27. The van der Waals surface area contributed by atoms with Crippen LogP contribution in [0.4, 0.5) is 0 Å². The molecule has 126 valence electrons. The Bertz CT molecular complexity index is 613. The number of rotatable bonds is 10. The SMILES string of the molecule is CCOc1ccc2c(OC)c(OCCCCCCBr)ccc2c1. The zero-order chi connectivity index (χ0) is 16.5. The summed E-state index contributed by atoms with van der Waals surface area (Å²) in [4.78, 5) is 0. The van der Waals surface area contributed by atoms with E-state index in [0.29, 0.717) is 6.61 Å². The molecule has 0 heterocycles. The summed E-state index contributed by atoms with van der Waals surface area (Å²) >= 11 is 3.46. The maximum atomic E-state index is 5.93. The van der Waals surface area contributed by atoms with Gasteiger partial charge >= 0.3 is 0 Å². The molecule has 0 bridgehead atoms. The molecule has 4 heteroatoms. The largest absolute Gasteiger partial charge is 0.494 e. The van der Waals surface area contributed by atoms with Gasteiger partial charge in [0.15, 0.2) is 11.5 Å². The quantitative estimate of drug-likeness (QED) is 0.397. The van der Waals surface area contributed by atoms with E-state index >= 15 is 0 Å². The average molecular weight is 381 g/mol. The Balaban J connectivity index is 2.06. The first-order chi connectivity index (χ1) is 11.3. The van der Waals surface area contributed by atoms with Gasteiger partial charge in [-0.25, -0.2) is 0 Å². The van der Waals surface area contributed by atoms with E-state index in [-0.39, 0.29) is 0 Å². The topological polar surface area (TPSA) is 27.7 Å². The molecule has 2 aromatic rings. The maximum Gasteiger partial charge on any atom is 0.168 e. The van der Waals surface area contributed by atoms with Crippen molar-refractivity contribution in [3.8, 4) is 17.2 Å². The second-order valence-electron chi connectivity index (χ2n) is 5.36. The monoisotopic (exact) mass is 380 g/mol. The summed E-state index contributed by atoms with van der Waals surface area (Å²) in [7, 11) is 1.69. The zero-order valence-corrected chi connectivity index (χ0v) is 15.5. The number of methoxy groups -OCH3 is 1. The van der Waals surface area contributed by atoms with E-state index in [1.807, 2.05) is 31.2 Å². The maximum absolute atomic E-state index is 5.93. The van der Waals surface area contributed by atoms with Crippen LogP contribution in [0.2, 0.25) is 0 Å². The first-order valence-corrected chi connectivity index (χ1v) is 9.34. The van der Waals surface area contributed by atoms with Gasteiger partial charge in [-0.05, 0) is 49.4 Å². The highest BCUT2D eigenvalue weighted by atomic mass is 79.9. The van der Waals surface area contributed by atoms with Crippen LogP contribution in [0, 0.1) is 0 Å². The molecule has 0 amide bonds. The standard InChI is InChI=1S/C19H25BrO3/c1-3-22-16-9-10-17-15(14-16)8-11-18(19(17)21-2)23-13-7-5-4-6-12-20/h8-11,14H,3-7,12-13H2,1-2H3. The lowest BCUT2D eigenvalue weighted by Gasteiger charge is -2.14. The molecule has 0 saturated heterocycles. The fraction of sp³-hybridized carbons (Fsp3) is 0.474. The van der Waals surface area contributed by atoms with Crippen LogP contribution < -0.4 is 14.2 Å². The van der Waals surface area contributed by atoms with Gasteiger partial charge in [0.05, 0.1) is 20.3 Å². The van der Waals surface area contributed by atoms with Crippen LogP contribution in [0.5, 0.6) is 17.2 Å². The lowest BCUT2D eigenvalue weighted by molar-refractivity contribution is 0.286. The van der Waals surface area contributed by atoms with Gasteiger partial charge in [-0.15, -0.1) is 0 Å². The molecular formula is C19H25BrO3. The fourth-order valence-corrected chi connectivity index (χ4v) is 2.97. The Morgan fingerprint density at radius 1 is 0.957 bits per heavy atom. The molecule has 0 aliphatic heterocycles. The minimum absolute atomic E-state index is 0.666. The molecular weight excluding hydrogens is 356 g/mol. The van der Waals surface area contributed by atoms with Crippen molar-refractivity contribution in [1.82, 2.24) is 0 Å². The van der Waals surface area contributed by atoms with Crippen LogP contribution in [0.15, 0.2) is 30.3 Å². The number of benzene rings is 2. The van der Waals surface area contributed by atoms with Gasteiger partial charge in [0.1, 0.15) is 5.75 Å². The van der Waals surface area contributed by atoms with Gasteiger partial charge < -0.3 is 14.2 Å². The van der Waals surface area contributed by atoms with Gasteiger partial charge in [-0.1, -0.05) is 34.8 Å². The number of halogens is 1. The van der Waals surface area contributed by atoms with Gasteiger partial charge in [0.25, 0.3) is 0 Å². The number of hydrogen-bond acceptors (Lipinski definition) is 3. The van der Waals surface area contributed by atoms with E-state index < -0.39 is 0 Å². The first kappa shape index (κ1) is 17.9. The molecule has 0 aliphatic rings. The molecule has 0 radical (unpaired) electrons. The Labute approximate surface area is 147 Å². The van der Waals surface area contributed by atoms with Crippen molar-refractivity contribution in [2.75, 3.05) is 25.7 Å². The molecule has 0 N–H and O–H groups in total. The molecule has 2 rings (SSSR count). The number of alkyl halides is 1. The molecule has 0 saturated carbocycles. The van der Waals surface area contributed by atoms with Crippen LogP contribution in [0.25, 0.3) is 10.8 Å². The van der Waals surface area contributed by atoms with E-state index in [2.05, 4.69) is 22.0 Å². The number of hydrogen-bond donors (Lipinski definition) is 0. The zero-order valence-electron chi connectivity index (χ0n) is 13.9. The molecule has 0 aliphatic carbocycles. The van der Waals surface area contributed by atoms with E-state index in [4.69, 9.17) is 14.2 Å². The van der Waals surface area contributed by atoms with E-state index in [1.54, 1.807) is 7.11 Å². The summed E-state index contributed by atoms with van der Waals surface area (Å²) in [6.07, 6.45) is 4.72. The van der Waals surface area contributed by atoms with Gasteiger partial charge in [-0.3, -0.25) is 0 Å². The molecule has 23 heavy (non-hydrogen) atoms. The van der Waals surface area contributed by atoms with Crippen molar-refractivity contribution in [2.24, 2.45) is 0 Å². The lowest BCUT2D eigenvalue weighted by atomic mass is 10.1. The van der Waals surface area contributed by atoms with Crippen LogP contribution >= 0.6 is 15.9 Å². The first-order valence-electron chi connectivity index (χ1n) is 8.22. The molecule has 0 aromatic heterocycles. The number of fused-ring (bicyclic) bond motifs is 1. The second kappa shape index (κ2) is 9.66. The van der Waals surface area contributed by atoms with Crippen molar-refractivity contribution in [1.29, 1.82) is 0 Å². The highest BCUT2D eigenvalue weighted by Crippen LogP contribution is 2.37.